The van der Waals surface area contributed by atoms with E-state index in [2.05, 4.69) is 36.4 Å². The van der Waals surface area contributed by atoms with Gasteiger partial charge in [0, 0.05) is 27.5 Å². The van der Waals surface area contributed by atoms with Gasteiger partial charge in [0.2, 0.25) is 0 Å². The zero-order chi connectivity index (χ0) is 38.1. The van der Waals surface area contributed by atoms with Gasteiger partial charge >= 0.3 is 0 Å². The average Bonchev–Trinajstić information content (AvgIpc) is 3.62. The standard InChI is InChI=1S/C47H28ClN3O/c48-41-23-11-22-40-43-38(21-12-24-42(43)52-44(40)41)37-26-25-35(31-17-7-8-18-32(31)37)36-27-28-39(34-20-10-9-19-33(34)36)47-50-45(29-13-3-1-4-14-29)49-46(51-47)30-15-5-2-6-16-30/h1-28H/i11D,21D,23D,24D. The normalized spacial score (nSPS) is 12.6. The predicted molar refractivity (Wildman–Crippen MR) is 214 cm³/mol. The first-order valence-corrected chi connectivity index (χ1v) is 17.3. The number of halogens is 1. The second-order valence-corrected chi connectivity index (χ2v) is 12.9. The van der Waals surface area contributed by atoms with Gasteiger partial charge in [0.05, 0.1) is 10.5 Å². The summed E-state index contributed by atoms with van der Waals surface area (Å²) in [6.07, 6.45) is 0. The molecule has 0 fully saturated rings. The maximum absolute atomic E-state index is 9.15. The summed E-state index contributed by atoms with van der Waals surface area (Å²) < 4.78 is 40.6. The summed E-state index contributed by atoms with van der Waals surface area (Å²) in [7, 11) is 0. The highest BCUT2D eigenvalue weighted by atomic mass is 35.5. The quantitative estimate of drug-likeness (QED) is 0.180. The molecule has 8 aromatic carbocycles. The van der Waals surface area contributed by atoms with Crippen LogP contribution < -0.4 is 0 Å². The minimum absolute atomic E-state index is 0.0147. The van der Waals surface area contributed by atoms with Crippen molar-refractivity contribution in [2.75, 3.05) is 0 Å². The summed E-state index contributed by atoms with van der Waals surface area (Å²) in [5, 5.41) is 4.95. The van der Waals surface area contributed by atoms with Crippen LogP contribution >= 0.6 is 11.6 Å². The second-order valence-electron chi connectivity index (χ2n) is 12.5. The molecule has 0 spiro atoms. The van der Waals surface area contributed by atoms with Crippen molar-refractivity contribution in [3.63, 3.8) is 0 Å². The number of hydrogen-bond acceptors (Lipinski definition) is 4. The number of furan rings is 1. The van der Waals surface area contributed by atoms with Gasteiger partial charge in [-0.25, -0.2) is 15.0 Å². The van der Waals surface area contributed by atoms with Crippen LogP contribution in [-0.2, 0) is 0 Å². The van der Waals surface area contributed by atoms with E-state index in [9.17, 15) is 0 Å². The molecule has 10 aromatic rings. The van der Waals surface area contributed by atoms with Gasteiger partial charge < -0.3 is 4.42 Å². The van der Waals surface area contributed by atoms with Gasteiger partial charge in [-0.2, -0.15) is 0 Å². The zero-order valence-electron chi connectivity index (χ0n) is 31.5. The van der Waals surface area contributed by atoms with E-state index in [1.807, 2.05) is 97.1 Å². The van der Waals surface area contributed by atoms with Crippen LogP contribution in [0.5, 0.6) is 0 Å². The second kappa shape index (κ2) is 12.3. The number of aromatic nitrogens is 3. The molecule has 0 bridgehead atoms. The molecule has 0 aliphatic rings. The Bertz CT molecular complexity index is 3150. The van der Waals surface area contributed by atoms with Crippen LogP contribution in [0.15, 0.2) is 174 Å². The molecule has 0 amide bonds. The van der Waals surface area contributed by atoms with Gasteiger partial charge in [-0.05, 0) is 61.9 Å². The van der Waals surface area contributed by atoms with Gasteiger partial charge in [-0.1, -0.05) is 163 Å². The maximum Gasteiger partial charge on any atom is 0.164 e. The van der Waals surface area contributed by atoms with E-state index in [0.29, 0.717) is 33.8 Å². The molecule has 4 nitrogen and oxygen atoms in total. The zero-order valence-corrected chi connectivity index (χ0v) is 28.2. The van der Waals surface area contributed by atoms with Crippen LogP contribution in [0.2, 0.25) is 5.02 Å². The van der Waals surface area contributed by atoms with Gasteiger partial charge in [0.15, 0.2) is 23.1 Å². The number of para-hydroxylation sites is 1. The molecule has 10 rings (SSSR count). The monoisotopic (exact) mass is 689 g/mol. The summed E-state index contributed by atoms with van der Waals surface area (Å²) in [5.74, 6) is 1.76. The molecule has 52 heavy (non-hydrogen) atoms. The summed E-state index contributed by atoms with van der Waals surface area (Å²) in [6, 6.07) is 47.6. The molecule has 5 heteroatoms. The average molecular weight is 690 g/mol. The molecule has 2 heterocycles. The molecule has 0 N–H and O–H groups in total. The Morgan fingerprint density at radius 3 is 1.48 bits per heavy atom. The lowest BCUT2D eigenvalue weighted by Gasteiger charge is -2.16. The maximum atomic E-state index is 9.15. The van der Waals surface area contributed by atoms with Crippen molar-refractivity contribution >= 4 is 55.1 Å². The van der Waals surface area contributed by atoms with Crippen molar-refractivity contribution in [2.24, 2.45) is 0 Å². The van der Waals surface area contributed by atoms with Crippen LogP contribution in [0.25, 0.3) is 99.9 Å². The lowest BCUT2D eigenvalue weighted by Crippen LogP contribution is -2.00. The van der Waals surface area contributed by atoms with Crippen molar-refractivity contribution in [1.82, 2.24) is 15.0 Å². The Balaban J connectivity index is 1.18. The third-order valence-corrected chi connectivity index (χ3v) is 9.83. The molecule has 0 saturated heterocycles. The molecule has 0 atom stereocenters. The third kappa shape index (κ3) is 4.96. The van der Waals surface area contributed by atoms with E-state index in [-0.39, 0.29) is 40.4 Å². The van der Waals surface area contributed by atoms with Crippen molar-refractivity contribution in [3.05, 3.63) is 175 Å². The smallest absolute Gasteiger partial charge is 0.164 e. The molecule has 0 radical (unpaired) electrons. The van der Waals surface area contributed by atoms with Crippen LogP contribution in [0.3, 0.4) is 0 Å². The summed E-state index contributed by atoms with van der Waals surface area (Å²) >= 11 is 6.53. The van der Waals surface area contributed by atoms with E-state index in [1.54, 1.807) is 6.07 Å². The summed E-state index contributed by atoms with van der Waals surface area (Å²) in [5.41, 5.74) is 6.57. The fourth-order valence-corrected chi connectivity index (χ4v) is 7.39. The van der Waals surface area contributed by atoms with E-state index in [1.165, 1.54) is 6.07 Å². The molecule has 0 saturated carbocycles. The van der Waals surface area contributed by atoms with Crippen molar-refractivity contribution < 1.29 is 9.90 Å². The highest BCUT2D eigenvalue weighted by molar-refractivity contribution is 6.36. The van der Waals surface area contributed by atoms with E-state index < -0.39 is 0 Å². The van der Waals surface area contributed by atoms with Gasteiger partial charge in [0.25, 0.3) is 0 Å². The Kier molecular flexibility index (Phi) is 6.21. The molecule has 0 unspecified atom stereocenters. The van der Waals surface area contributed by atoms with E-state index in [4.69, 9.17) is 36.5 Å². The van der Waals surface area contributed by atoms with E-state index in [0.717, 1.165) is 54.9 Å². The highest BCUT2D eigenvalue weighted by Gasteiger charge is 2.19. The van der Waals surface area contributed by atoms with Gasteiger partial charge in [-0.15, -0.1) is 0 Å². The molecule has 2 aromatic heterocycles. The number of rotatable bonds is 5. The van der Waals surface area contributed by atoms with Gasteiger partial charge in [-0.3, -0.25) is 0 Å². The summed E-state index contributed by atoms with van der Waals surface area (Å²) in [4.78, 5) is 14.9. The Hall–Kier alpha value is -6.62. The first kappa shape index (κ1) is 26.2. The first-order valence-electron chi connectivity index (χ1n) is 18.9. The van der Waals surface area contributed by atoms with Crippen molar-refractivity contribution in [2.45, 2.75) is 0 Å². The van der Waals surface area contributed by atoms with Gasteiger partial charge in [0.1, 0.15) is 5.58 Å². The van der Waals surface area contributed by atoms with Crippen LogP contribution in [0.4, 0.5) is 0 Å². The lowest BCUT2D eigenvalue weighted by atomic mass is 9.88. The third-order valence-electron chi connectivity index (χ3n) is 9.56. The fraction of sp³-hybridized carbons (Fsp3) is 0. The molecule has 0 aliphatic heterocycles. The number of hydrogen-bond donors (Lipinski definition) is 0. The molecule has 244 valence electrons. The lowest BCUT2D eigenvalue weighted by molar-refractivity contribution is 0.669. The van der Waals surface area contributed by atoms with Crippen molar-refractivity contribution in [1.29, 1.82) is 0 Å². The Morgan fingerprint density at radius 2 is 0.904 bits per heavy atom. The summed E-state index contributed by atoms with van der Waals surface area (Å²) in [6.45, 7) is 0. The number of fused-ring (bicyclic) bond motifs is 5. The molecule has 0 aliphatic carbocycles. The fourth-order valence-electron chi connectivity index (χ4n) is 7.19. The first-order chi connectivity index (χ1) is 27.4. The number of benzene rings is 8. The van der Waals surface area contributed by atoms with E-state index >= 15 is 0 Å². The Morgan fingerprint density at radius 1 is 0.423 bits per heavy atom. The highest BCUT2D eigenvalue weighted by Crippen LogP contribution is 2.44. The molecular formula is C47H28ClN3O. The largest absolute Gasteiger partial charge is 0.454 e. The Labute approximate surface area is 310 Å². The minimum Gasteiger partial charge on any atom is -0.454 e. The predicted octanol–water partition coefficient (Wildman–Crippen LogP) is 13.1. The number of nitrogens with zero attached hydrogens (tertiary/aromatic N) is 3. The van der Waals surface area contributed by atoms with Crippen LogP contribution in [-0.4, -0.2) is 15.0 Å². The SMILES string of the molecule is [2H]c1cc2c(oc3c([2H])cc([2H])c(-c4ccc(-c5ccc(-c6nc(-c7ccccc7)nc(-c7ccccc7)n6)c6ccccc56)c5ccccc45)c32)c(Cl)c1[2H]. The van der Waals surface area contributed by atoms with Crippen LogP contribution in [0, 0.1) is 0 Å². The van der Waals surface area contributed by atoms with Crippen molar-refractivity contribution in [3.8, 4) is 56.4 Å². The molecular weight excluding hydrogens is 658 g/mol. The minimum atomic E-state index is -0.144. The van der Waals surface area contributed by atoms with Crippen LogP contribution in [0.1, 0.15) is 5.48 Å². The topological polar surface area (TPSA) is 51.8 Å².